The van der Waals surface area contributed by atoms with Crippen molar-refractivity contribution in [2.24, 2.45) is 0 Å². The van der Waals surface area contributed by atoms with Crippen molar-refractivity contribution in [2.75, 3.05) is 7.11 Å². The summed E-state index contributed by atoms with van der Waals surface area (Å²) in [5, 5.41) is 4.09. The third kappa shape index (κ3) is 1.32. The highest BCUT2D eigenvalue weighted by Gasteiger charge is 2.09. The molecule has 0 atom stereocenters. The first kappa shape index (κ1) is 8.99. The van der Waals surface area contributed by atoms with Gasteiger partial charge < -0.3 is 4.74 Å². The average molecular weight is 191 g/mol. The third-order valence-electron chi connectivity index (χ3n) is 2.25. The lowest BCUT2D eigenvalue weighted by Crippen LogP contribution is -1.98. The van der Waals surface area contributed by atoms with Crippen LogP contribution >= 0.6 is 0 Å². The highest BCUT2D eigenvalue weighted by atomic mass is 16.5. The molecule has 0 amide bonds. The van der Waals surface area contributed by atoms with Crippen molar-refractivity contribution in [3.63, 3.8) is 0 Å². The fourth-order valence-electron chi connectivity index (χ4n) is 1.47. The predicted molar refractivity (Wildman–Crippen MR) is 53.6 cm³/mol. The molecule has 0 saturated heterocycles. The minimum atomic E-state index is 0.415. The van der Waals surface area contributed by atoms with E-state index in [9.17, 15) is 0 Å². The Morgan fingerprint density at radius 1 is 1.43 bits per heavy atom. The summed E-state index contributed by atoms with van der Waals surface area (Å²) >= 11 is 0. The molecule has 2 rings (SSSR count). The molecular formula is C10H13N3O. The quantitative estimate of drug-likeness (QED) is 0.727. The third-order valence-corrected chi connectivity index (χ3v) is 2.25. The summed E-state index contributed by atoms with van der Waals surface area (Å²) in [6.07, 6.45) is 3.50. The summed E-state index contributed by atoms with van der Waals surface area (Å²) in [6, 6.07) is 1.91. The van der Waals surface area contributed by atoms with Crippen LogP contribution in [0.1, 0.15) is 25.3 Å². The van der Waals surface area contributed by atoms with Crippen LogP contribution in [0.3, 0.4) is 0 Å². The molecule has 4 nitrogen and oxygen atoms in total. The Morgan fingerprint density at radius 2 is 2.21 bits per heavy atom. The van der Waals surface area contributed by atoms with Gasteiger partial charge in [-0.3, -0.25) is 0 Å². The normalized spacial score (nSPS) is 11.1. The Balaban J connectivity index is 2.66. The fourth-order valence-corrected chi connectivity index (χ4v) is 1.47. The summed E-state index contributed by atoms with van der Waals surface area (Å²) in [7, 11) is 1.67. The molecule has 4 heteroatoms. The number of fused-ring (bicyclic) bond motifs is 1. The summed E-state index contributed by atoms with van der Waals surface area (Å²) < 4.78 is 7.06. The van der Waals surface area contributed by atoms with Crippen LogP contribution in [0.2, 0.25) is 0 Å². The first-order valence-corrected chi connectivity index (χ1v) is 4.59. The van der Waals surface area contributed by atoms with Gasteiger partial charge in [0, 0.05) is 17.8 Å². The summed E-state index contributed by atoms with van der Waals surface area (Å²) in [4.78, 5) is 4.10. The van der Waals surface area contributed by atoms with Crippen LogP contribution in [0.25, 0.3) is 5.65 Å². The van der Waals surface area contributed by atoms with Crippen molar-refractivity contribution < 1.29 is 4.74 Å². The zero-order valence-corrected chi connectivity index (χ0v) is 8.56. The summed E-state index contributed by atoms with van der Waals surface area (Å²) in [5.74, 6) is 1.29. The van der Waals surface area contributed by atoms with Gasteiger partial charge in [-0.25, -0.2) is 9.50 Å². The maximum absolute atomic E-state index is 5.30. The van der Waals surface area contributed by atoms with E-state index in [-0.39, 0.29) is 0 Å². The number of aromatic nitrogens is 3. The molecule has 74 valence electrons. The number of methoxy groups -OCH3 is 1. The maximum Gasteiger partial charge on any atom is 0.158 e. The Hall–Kier alpha value is -1.58. The zero-order valence-electron chi connectivity index (χ0n) is 8.56. The second-order valence-corrected chi connectivity index (χ2v) is 3.51. The zero-order chi connectivity index (χ0) is 10.1. The second-order valence-electron chi connectivity index (χ2n) is 3.51. The van der Waals surface area contributed by atoms with E-state index in [4.69, 9.17) is 4.74 Å². The van der Waals surface area contributed by atoms with Gasteiger partial charge in [-0.2, -0.15) is 5.10 Å². The molecule has 0 N–H and O–H groups in total. The van der Waals surface area contributed by atoms with E-state index in [0.29, 0.717) is 5.92 Å². The number of nitrogens with zero attached hydrogens (tertiary/aromatic N) is 3. The Labute approximate surface area is 82.5 Å². The molecule has 14 heavy (non-hydrogen) atoms. The van der Waals surface area contributed by atoms with Crippen molar-refractivity contribution in [1.82, 2.24) is 14.6 Å². The molecule has 0 fully saturated rings. The lowest BCUT2D eigenvalue weighted by atomic mass is 10.1. The van der Waals surface area contributed by atoms with Crippen molar-refractivity contribution >= 4 is 5.65 Å². The molecular weight excluding hydrogens is 178 g/mol. The first-order chi connectivity index (χ1) is 6.72. The topological polar surface area (TPSA) is 39.4 Å². The average Bonchev–Trinajstić information content (AvgIpc) is 2.62. The van der Waals surface area contributed by atoms with Crippen LogP contribution in [0.4, 0.5) is 0 Å². The minimum Gasteiger partial charge on any atom is -0.496 e. The van der Waals surface area contributed by atoms with E-state index >= 15 is 0 Å². The molecule has 0 spiro atoms. The Morgan fingerprint density at radius 3 is 2.86 bits per heavy atom. The SMILES string of the molecule is COc1cc2ncnn2cc1C(C)C. The van der Waals surface area contributed by atoms with Crippen molar-refractivity contribution in [2.45, 2.75) is 19.8 Å². The lowest BCUT2D eigenvalue weighted by Gasteiger charge is -2.11. The van der Waals surface area contributed by atoms with Gasteiger partial charge >= 0.3 is 0 Å². The van der Waals surface area contributed by atoms with Gasteiger partial charge in [-0.05, 0) is 5.92 Å². The molecule has 2 heterocycles. The molecule has 0 saturated carbocycles. The number of rotatable bonds is 2. The summed E-state index contributed by atoms with van der Waals surface area (Å²) in [5.41, 5.74) is 1.96. The van der Waals surface area contributed by atoms with Gasteiger partial charge in [0.1, 0.15) is 12.1 Å². The van der Waals surface area contributed by atoms with Gasteiger partial charge in [-0.1, -0.05) is 13.8 Å². The Bertz CT molecular complexity index is 448. The molecule has 0 unspecified atom stereocenters. The van der Waals surface area contributed by atoms with Gasteiger partial charge in [0.25, 0.3) is 0 Å². The fraction of sp³-hybridized carbons (Fsp3) is 0.400. The number of pyridine rings is 1. The number of hydrogen-bond donors (Lipinski definition) is 0. The molecule has 0 aromatic carbocycles. The lowest BCUT2D eigenvalue weighted by molar-refractivity contribution is 0.407. The van der Waals surface area contributed by atoms with E-state index in [2.05, 4.69) is 23.9 Å². The van der Waals surface area contributed by atoms with E-state index in [1.165, 1.54) is 0 Å². The predicted octanol–water partition coefficient (Wildman–Crippen LogP) is 1.86. The van der Waals surface area contributed by atoms with Crippen LogP contribution < -0.4 is 4.74 Å². The molecule has 2 aromatic heterocycles. The van der Waals surface area contributed by atoms with Crippen LogP contribution in [0.15, 0.2) is 18.6 Å². The largest absolute Gasteiger partial charge is 0.496 e. The smallest absolute Gasteiger partial charge is 0.158 e. The van der Waals surface area contributed by atoms with Crippen LogP contribution in [-0.4, -0.2) is 21.7 Å². The van der Waals surface area contributed by atoms with E-state index in [0.717, 1.165) is 17.0 Å². The van der Waals surface area contributed by atoms with E-state index in [1.54, 1.807) is 18.0 Å². The van der Waals surface area contributed by atoms with Gasteiger partial charge in [0.2, 0.25) is 0 Å². The minimum absolute atomic E-state index is 0.415. The highest BCUT2D eigenvalue weighted by molar-refractivity contribution is 5.47. The number of hydrogen-bond acceptors (Lipinski definition) is 3. The van der Waals surface area contributed by atoms with Crippen molar-refractivity contribution in [1.29, 1.82) is 0 Å². The molecule has 0 aliphatic heterocycles. The molecule has 0 aliphatic carbocycles. The second kappa shape index (κ2) is 3.29. The van der Waals surface area contributed by atoms with Crippen LogP contribution in [-0.2, 0) is 0 Å². The number of ether oxygens (including phenoxy) is 1. The van der Waals surface area contributed by atoms with Crippen LogP contribution in [0.5, 0.6) is 5.75 Å². The van der Waals surface area contributed by atoms with E-state index in [1.807, 2.05) is 12.3 Å². The monoisotopic (exact) mass is 191 g/mol. The summed E-state index contributed by atoms with van der Waals surface area (Å²) in [6.45, 7) is 4.25. The van der Waals surface area contributed by atoms with Crippen molar-refractivity contribution in [3.8, 4) is 5.75 Å². The molecule has 0 aliphatic rings. The molecule has 2 aromatic rings. The van der Waals surface area contributed by atoms with Crippen molar-refractivity contribution in [3.05, 3.63) is 24.2 Å². The molecule has 0 bridgehead atoms. The van der Waals surface area contributed by atoms with E-state index < -0.39 is 0 Å². The van der Waals surface area contributed by atoms with Crippen LogP contribution in [0, 0.1) is 0 Å². The van der Waals surface area contributed by atoms with Gasteiger partial charge in [0.15, 0.2) is 5.65 Å². The standard InChI is InChI=1S/C10H13N3O/c1-7(2)8-5-13-10(11-6-12-13)4-9(8)14-3/h4-7H,1-3H3. The Kier molecular flexibility index (Phi) is 2.11. The van der Waals surface area contributed by atoms with Gasteiger partial charge in [0.05, 0.1) is 7.11 Å². The first-order valence-electron chi connectivity index (χ1n) is 4.59. The highest BCUT2D eigenvalue weighted by Crippen LogP contribution is 2.26. The maximum atomic E-state index is 5.30. The molecule has 0 radical (unpaired) electrons. The van der Waals surface area contributed by atoms with Gasteiger partial charge in [-0.15, -0.1) is 0 Å².